The number of rotatable bonds is 8. The average Bonchev–Trinajstić information content (AvgIpc) is 2.69. The Kier molecular flexibility index (Phi) is 6.64. The summed E-state index contributed by atoms with van der Waals surface area (Å²) >= 11 is 1.83. The molecule has 1 rings (SSSR count). The third-order valence-corrected chi connectivity index (χ3v) is 3.27. The lowest BCUT2D eigenvalue weighted by Crippen LogP contribution is -2.32. The Bertz CT molecular complexity index is 259. The van der Waals surface area contributed by atoms with Crippen LogP contribution >= 0.6 is 11.3 Å². The summed E-state index contributed by atoms with van der Waals surface area (Å²) in [6.45, 7) is 5.41. The van der Waals surface area contributed by atoms with Crippen molar-refractivity contribution in [2.24, 2.45) is 0 Å². The van der Waals surface area contributed by atoms with Gasteiger partial charge < -0.3 is 15.1 Å². The smallest absolute Gasteiger partial charge is 0.0325 e. The molecule has 1 heterocycles. The van der Waals surface area contributed by atoms with E-state index >= 15 is 0 Å². The molecule has 0 saturated heterocycles. The highest BCUT2D eigenvalue weighted by Gasteiger charge is 2.00. The minimum absolute atomic E-state index is 1.06. The lowest BCUT2D eigenvalue weighted by atomic mass is 10.4. The molecule has 0 fully saturated rings. The fourth-order valence-electron chi connectivity index (χ4n) is 1.45. The van der Waals surface area contributed by atoms with Crippen molar-refractivity contribution in [1.82, 2.24) is 15.1 Å². The van der Waals surface area contributed by atoms with E-state index in [-0.39, 0.29) is 0 Å². The van der Waals surface area contributed by atoms with E-state index in [9.17, 15) is 0 Å². The molecule has 0 aliphatic rings. The van der Waals surface area contributed by atoms with Crippen molar-refractivity contribution in [2.45, 2.75) is 6.54 Å². The van der Waals surface area contributed by atoms with E-state index in [4.69, 9.17) is 0 Å². The van der Waals surface area contributed by atoms with Gasteiger partial charge in [-0.05, 0) is 32.6 Å². The van der Waals surface area contributed by atoms with Crippen LogP contribution in [0.25, 0.3) is 0 Å². The van der Waals surface area contributed by atoms with Crippen LogP contribution in [0.4, 0.5) is 0 Å². The first kappa shape index (κ1) is 13.6. The highest BCUT2D eigenvalue weighted by Crippen LogP contribution is 2.10. The minimum Gasteiger partial charge on any atom is -0.314 e. The third kappa shape index (κ3) is 6.23. The maximum absolute atomic E-state index is 3.45. The molecule has 0 aliphatic heterocycles. The number of thiophene rings is 1. The Morgan fingerprint density at radius 2 is 1.94 bits per heavy atom. The maximum Gasteiger partial charge on any atom is 0.0325 e. The summed E-state index contributed by atoms with van der Waals surface area (Å²) in [7, 11) is 6.38. The van der Waals surface area contributed by atoms with Gasteiger partial charge >= 0.3 is 0 Å². The number of likely N-dealkylation sites (N-methyl/N-ethyl adjacent to an activating group) is 2. The van der Waals surface area contributed by atoms with Gasteiger partial charge in [0.1, 0.15) is 0 Å². The van der Waals surface area contributed by atoms with Gasteiger partial charge in [0, 0.05) is 37.6 Å². The summed E-state index contributed by atoms with van der Waals surface area (Å²) in [5.41, 5.74) is 0. The fraction of sp³-hybridized carbons (Fsp3) is 0.667. The molecule has 16 heavy (non-hydrogen) atoms. The Labute approximate surface area is 103 Å². The van der Waals surface area contributed by atoms with Gasteiger partial charge in [-0.2, -0.15) is 0 Å². The van der Waals surface area contributed by atoms with Gasteiger partial charge in [-0.1, -0.05) is 6.07 Å². The van der Waals surface area contributed by atoms with E-state index < -0.39 is 0 Å². The summed E-state index contributed by atoms with van der Waals surface area (Å²) in [6.07, 6.45) is 0. The first-order valence-electron chi connectivity index (χ1n) is 5.75. The highest BCUT2D eigenvalue weighted by molar-refractivity contribution is 7.09. The zero-order valence-electron chi connectivity index (χ0n) is 10.6. The molecule has 92 valence electrons. The number of nitrogens with zero attached hydrogens (tertiary/aromatic N) is 2. The van der Waals surface area contributed by atoms with Crippen molar-refractivity contribution < 1.29 is 0 Å². The second-order valence-electron chi connectivity index (χ2n) is 4.37. The van der Waals surface area contributed by atoms with Crippen molar-refractivity contribution in [3.05, 3.63) is 22.4 Å². The van der Waals surface area contributed by atoms with Crippen molar-refractivity contribution in [2.75, 3.05) is 47.3 Å². The summed E-state index contributed by atoms with van der Waals surface area (Å²) < 4.78 is 0. The SMILES string of the molecule is CN(C)CCNCCN(C)Cc1cccs1. The van der Waals surface area contributed by atoms with Gasteiger partial charge in [-0.15, -0.1) is 11.3 Å². The summed E-state index contributed by atoms with van der Waals surface area (Å²) in [4.78, 5) is 5.99. The summed E-state index contributed by atoms with van der Waals surface area (Å²) in [6, 6.07) is 4.31. The van der Waals surface area contributed by atoms with Crippen LogP contribution in [-0.4, -0.2) is 57.1 Å². The predicted octanol–water partition coefficient (Wildman–Crippen LogP) is 1.33. The number of hydrogen-bond donors (Lipinski definition) is 1. The predicted molar refractivity (Wildman–Crippen MR) is 72.1 cm³/mol. The van der Waals surface area contributed by atoms with Crippen LogP contribution in [-0.2, 0) is 6.54 Å². The van der Waals surface area contributed by atoms with Crippen molar-refractivity contribution in [3.8, 4) is 0 Å². The largest absolute Gasteiger partial charge is 0.314 e. The molecule has 0 spiro atoms. The molecular formula is C12H23N3S. The molecule has 1 N–H and O–H groups in total. The van der Waals surface area contributed by atoms with Crippen LogP contribution in [0.3, 0.4) is 0 Å². The summed E-state index contributed by atoms with van der Waals surface area (Å²) in [5.74, 6) is 0. The van der Waals surface area contributed by atoms with Gasteiger partial charge in [-0.25, -0.2) is 0 Å². The van der Waals surface area contributed by atoms with Crippen LogP contribution in [0.15, 0.2) is 17.5 Å². The van der Waals surface area contributed by atoms with E-state index in [1.165, 1.54) is 4.88 Å². The Morgan fingerprint density at radius 1 is 1.19 bits per heavy atom. The molecule has 1 aromatic heterocycles. The quantitative estimate of drug-likeness (QED) is 0.693. The van der Waals surface area contributed by atoms with Gasteiger partial charge in [0.05, 0.1) is 0 Å². The third-order valence-electron chi connectivity index (χ3n) is 2.41. The Balaban J connectivity index is 2.00. The lowest BCUT2D eigenvalue weighted by molar-refractivity contribution is 0.321. The van der Waals surface area contributed by atoms with Crippen LogP contribution in [0.5, 0.6) is 0 Å². The van der Waals surface area contributed by atoms with Crippen molar-refractivity contribution in [1.29, 1.82) is 0 Å². The number of nitrogens with one attached hydrogen (secondary N) is 1. The molecule has 0 aromatic carbocycles. The number of hydrogen-bond acceptors (Lipinski definition) is 4. The van der Waals surface area contributed by atoms with Crippen LogP contribution in [0.1, 0.15) is 4.88 Å². The van der Waals surface area contributed by atoms with E-state index in [0.717, 1.165) is 32.7 Å². The van der Waals surface area contributed by atoms with Crippen molar-refractivity contribution in [3.63, 3.8) is 0 Å². The van der Waals surface area contributed by atoms with E-state index in [1.54, 1.807) is 0 Å². The Morgan fingerprint density at radius 3 is 2.56 bits per heavy atom. The highest BCUT2D eigenvalue weighted by atomic mass is 32.1. The molecular weight excluding hydrogens is 218 g/mol. The van der Waals surface area contributed by atoms with Gasteiger partial charge in [0.2, 0.25) is 0 Å². The molecule has 0 radical (unpaired) electrons. The molecule has 0 saturated carbocycles. The molecule has 3 nitrogen and oxygen atoms in total. The van der Waals surface area contributed by atoms with E-state index in [1.807, 2.05) is 11.3 Å². The maximum atomic E-state index is 3.45. The van der Waals surface area contributed by atoms with E-state index in [2.05, 4.69) is 53.8 Å². The molecule has 0 amide bonds. The summed E-state index contributed by atoms with van der Waals surface area (Å²) in [5, 5.41) is 5.58. The Hall–Kier alpha value is -0.420. The zero-order valence-corrected chi connectivity index (χ0v) is 11.4. The van der Waals surface area contributed by atoms with Gasteiger partial charge in [-0.3, -0.25) is 0 Å². The molecule has 0 bridgehead atoms. The van der Waals surface area contributed by atoms with Crippen LogP contribution < -0.4 is 5.32 Å². The van der Waals surface area contributed by atoms with Crippen LogP contribution in [0, 0.1) is 0 Å². The monoisotopic (exact) mass is 241 g/mol. The topological polar surface area (TPSA) is 18.5 Å². The second kappa shape index (κ2) is 7.79. The molecule has 0 atom stereocenters. The molecule has 0 unspecified atom stereocenters. The zero-order chi connectivity index (χ0) is 11.8. The fourth-order valence-corrected chi connectivity index (χ4v) is 2.23. The first-order chi connectivity index (χ1) is 7.68. The van der Waals surface area contributed by atoms with Gasteiger partial charge in [0.25, 0.3) is 0 Å². The van der Waals surface area contributed by atoms with Crippen molar-refractivity contribution >= 4 is 11.3 Å². The molecule has 4 heteroatoms. The normalized spacial score (nSPS) is 11.6. The molecule has 1 aromatic rings. The average molecular weight is 241 g/mol. The molecule has 0 aliphatic carbocycles. The second-order valence-corrected chi connectivity index (χ2v) is 5.40. The van der Waals surface area contributed by atoms with E-state index in [0.29, 0.717) is 0 Å². The van der Waals surface area contributed by atoms with Crippen LogP contribution in [0.2, 0.25) is 0 Å². The first-order valence-corrected chi connectivity index (χ1v) is 6.63. The van der Waals surface area contributed by atoms with Gasteiger partial charge in [0.15, 0.2) is 0 Å². The standard InChI is InChI=1S/C12H23N3S/c1-14(2)8-6-13-7-9-15(3)11-12-5-4-10-16-12/h4-5,10,13H,6-9,11H2,1-3H3. The lowest BCUT2D eigenvalue weighted by Gasteiger charge is -2.16. The minimum atomic E-state index is 1.06.